The van der Waals surface area contributed by atoms with Gasteiger partial charge in [-0.2, -0.15) is 0 Å². The number of carbonyl (C=O) groups is 1. The Kier molecular flexibility index (Phi) is 4.84. The van der Waals surface area contributed by atoms with E-state index < -0.39 is 5.97 Å². The average Bonchev–Trinajstić information content (AvgIpc) is 3.02. The molecule has 0 radical (unpaired) electrons. The second-order valence-corrected chi connectivity index (χ2v) is 6.23. The van der Waals surface area contributed by atoms with Gasteiger partial charge in [0.1, 0.15) is 0 Å². The van der Waals surface area contributed by atoms with Crippen molar-refractivity contribution in [3.8, 4) is 0 Å². The molecule has 2 aromatic carbocycles. The maximum absolute atomic E-state index is 10.8. The monoisotopic (exact) mass is 330 g/mol. The highest BCUT2D eigenvalue weighted by Crippen LogP contribution is 2.23. The zero-order valence-corrected chi connectivity index (χ0v) is 13.5. The number of rotatable bonds is 5. The van der Waals surface area contributed by atoms with Gasteiger partial charge in [-0.05, 0) is 42.3 Å². The summed E-state index contributed by atoms with van der Waals surface area (Å²) in [6.07, 6.45) is 1.08. The zero-order chi connectivity index (χ0) is 16.2. The van der Waals surface area contributed by atoms with Gasteiger partial charge in [-0.3, -0.25) is 0 Å². The third kappa shape index (κ3) is 4.03. The molecular formula is C18H19ClN2O2. The largest absolute Gasteiger partial charge is 0.478 e. The molecule has 0 aromatic heterocycles. The maximum Gasteiger partial charge on any atom is 0.335 e. The number of nitrogens with one attached hydrogen (secondary N) is 1. The molecule has 1 unspecified atom stereocenters. The van der Waals surface area contributed by atoms with Crippen LogP contribution in [0.15, 0.2) is 48.5 Å². The van der Waals surface area contributed by atoms with Gasteiger partial charge in [0.25, 0.3) is 0 Å². The lowest BCUT2D eigenvalue weighted by Gasteiger charge is -2.19. The molecular weight excluding hydrogens is 312 g/mol. The third-order valence-electron chi connectivity index (χ3n) is 4.16. The van der Waals surface area contributed by atoms with E-state index in [0.29, 0.717) is 11.6 Å². The molecule has 0 bridgehead atoms. The molecule has 120 valence electrons. The second kappa shape index (κ2) is 7.02. The summed E-state index contributed by atoms with van der Waals surface area (Å²) >= 11 is 6.05. The van der Waals surface area contributed by atoms with Gasteiger partial charge in [0.05, 0.1) is 5.56 Å². The van der Waals surface area contributed by atoms with Crippen LogP contribution in [0.1, 0.15) is 22.3 Å². The summed E-state index contributed by atoms with van der Waals surface area (Å²) in [5, 5.41) is 13.2. The molecule has 2 aromatic rings. The summed E-state index contributed by atoms with van der Waals surface area (Å²) in [6, 6.07) is 15.4. The van der Waals surface area contributed by atoms with Gasteiger partial charge in [-0.1, -0.05) is 29.8 Å². The van der Waals surface area contributed by atoms with Crippen LogP contribution < -0.4 is 10.2 Å². The van der Waals surface area contributed by atoms with Crippen LogP contribution in [0.4, 0.5) is 5.69 Å². The van der Waals surface area contributed by atoms with Crippen LogP contribution >= 0.6 is 11.6 Å². The second-order valence-electron chi connectivity index (χ2n) is 5.79. The summed E-state index contributed by atoms with van der Waals surface area (Å²) in [6.45, 7) is 2.71. The molecule has 23 heavy (non-hydrogen) atoms. The standard InChI is InChI=1S/C18H19ClN2O2/c19-15-2-1-3-17(10-15)21-9-8-16(12-21)20-11-13-4-6-14(7-5-13)18(22)23/h1-7,10,16,20H,8-9,11-12H2,(H,22,23). The Morgan fingerprint density at radius 1 is 1.26 bits per heavy atom. The van der Waals surface area contributed by atoms with E-state index in [9.17, 15) is 4.79 Å². The molecule has 1 saturated heterocycles. The molecule has 3 rings (SSSR count). The van der Waals surface area contributed by atoms with Crippen LogP contribution in [0.5, 0.6) is 0 Å². The van der Waals surface area contributed by atoms with Crippen LogP contribution in [-0.2, 0) is 6.54 Å². The fraction of sp³-hybridized carbons (Fsp3) is 0.278. The topological polar surface area (TPSA) is 52.6 Å². The highest BCUT2D eigenvalue weighted by atomic mass is 35.5. The number of carboxylic acid groups (broad SMARTS) is 1. The highest BCUT2D eigenvalue weighted by molar-refractivity contribution is 6.30. The lowest BCUT2D eigenvalue weighted by atomic mass is 10.1. The van der Waals surface area contributed by atoms with E-state index in [1.807, 2.05) is 30.3 Å². The number of nitrogens with zero attached hydrogens (tertiary/aromatic N) is 1. The molecule has 1 fully saturated rings. The zero-order valence-electron chi connectivity index (χ0n) is 12.7. The molecule has 1 aliphatic heterocycles. The lowest BCUT2D eigenvalue weighted by molar-refractivity contribution is 0.0697. The van der Waals surface area contributed by atoms with Crippen LogP contribution in [0.3, 0.4) is 0 Å². The first kappa shape index (κ1) is 15.8. The SMILES string of the molecule is O=C(O)c1ccc(CNC2CCN(c3cccc(Cl)c3)C2)cc1. The van der Waals surface area contributed by atoms with Gasteiger partial charge in [0, 0.05) is 36.4 Å². The van der Waals surface area contributed by atoms with Crippen molar-refractivity contribution in [3.63, 3.8) is 0 Å². The minimum atomic E-state index is -0.891. The Morgan fingerprint density at radius 3 is 2.74 bits per heavy atom. The fourth-order valence-corrected chi connectivity index (χ4v) is 3.05. The molecule has 0 amide bonds. The van der Waals surface area contributed by atoms with E-state index in [1.165, 1.54) is 0 Å². The lowest BCUT2D eigenvalue weighted by Crippen LogP contribution is -2.32. The summed E-state index contributed by atoms with van der Waals surface area (Å²) in [7, 11) is 0. The first-order valence-electron chi connectivity index (χ1n) is 7.68. The van der Waals surface area contributed by atoms with Gasteiger partial charge >= 0.3 is 5.97 Å². The minimum Gasteiger partial charge on any atom is -0.478 e. The summed E-state index contributed by atoms with van der Waals surface area (Å²) in [5.74, 6) is -0.891. The number of hydrogen-bond acceptors (Lipinski definition) is 3. The van der Waals surface area contributed by atoms with Gasteiger partial charge in [0.15, 0.2) is 0 Å². The Morgan fingerprint density at radius 2 is 2.04 bits per heavy atom. The Hall–Kier alpha value is -2.04. The predicted molar refractivity (Wildman–Crippen MR) is 92.3 cm³/mol. The number of halogens is 1. The van der Waals surface area contributed by atoms with Crippen molar-refractivity contribution in [1.82, 2.24) is 5.32 Å². The molecule has 0 saturated carbocycles. The summed E-state index contributed by atoms with van der Waals surface area (Å²) in [4.78, 5) is 13.2. The van der Waals surface area contributed by atoms with Gasteiger partial charge in [0.2, 0.25) is 0 Å². The Bertz CT molecular complexity index is 688. The first-order valence-corrected chi connectivity index (χ1v) is 8.06. The van der Waals surface area contributed by atoms with E-state index >= 15 is 0 Å². The van der Waals surface area contributed by atoms with E-state index in [1.54, 1.807) is 12.1 Å². The van der Waals surface area contributed by atoms with Gasteiger partial charge in [-0.15, -0.1) is 0 Å². The van der Waals surface area contributed by atoms with Crippen molar-refractivity contribution in [3.05, 3.63) is 64.7 Å². The number of hydrogen-bond donors (Lipinski definition) is 2. The van der Waals surface area contributed by atoms with Crippen molar-refractivity contribution in [1.29, 1.82) is 0 Å². The van der Waals surface area contributed by atoms with E-state index in [2.05, 4.69) is 16.3 Å². The maximum atomic E-state index is 10.8. The van der Waals surface area contributed by atoms with Crippen molar-refractivity contribution in [2.45, 2.75) is 19.0 Å². The molecule has 4 nitrogen and oxygen atoms in total. The Balaban J connectivity index is 1.53. The number of benzene rings is 2. The van der Waals surface area contributed by atoms with Gasteiger partial charge in [-0.25, -0.2) is 4.79 Å². The molecule has 5 heteroatoms. The number of anilines is 1. The quantitative estimate of drug-likeness (QED) is 0.882. The highest BCUT2D eigenvalue weighted by Gasteiger charge is 2.22. The van der Waals surface area contributed by atoms with Crippen LogP contribution in [0.25, 0.3) is 0 Å². The number of carboxylic acids is 1. The number of aromatic carboxylic acids is 1. The minimum absolute atomic E-state index is 0.321. The molecule has 0 spiro atoms. The van der Waals surface area contributed by atoms with Crippen LogP contribution in [-0.4, -0.2) is 30.2 Å². The normalized spacial score (nSPS) is 17.4. The van der Waals surface area contributed by atoms with Crippen LogP contribution in [0, 0.1) is 0 Å². The first-order chi connectivity index (χ1) is 11.1. The van der Waals surface area contributed by atoms with E-state index in [4.69, 9.17) is 16.7 Å². The predicted octanol–water partition coefficient (Wildman–Crippen LogP) is 3.41. The molecule has 1 atom stereocenters. The van der Waals surface area contributed by atoms with Crippen molar-refractivity contribution in [2.75, 3.05) is 18.0 Å². The average molecular weight is 331 g/mol. The smallest absolute Gasteiger partial charge is 0.335 e. The molecule has 1 aliphatic rings. The summed E-state index contributed by atoms with van der Waals surface area (Å²) < 4.78 is 0. The van der Waals surface area contributed by atoms with E-state index in [-0.39, 0.29) is 0 Å². The molecule has 1 heterocycles. The Labute approximate surface area is 140 Å². The van der Waals surface area contributed by atoms with Crippen LogP contribution in [0.2, 0.25) is 5.02 Å². The van der Waals surface area contributed by atoms with Crippen molar-refractivity contribution in [2.24, 2.45) is 0 Å². The molecule has 2 N–H and O–H groups in total. The third-order valence-corrected chi connectivity index (χ3v) is 4.39. The fourth-order valence-electron chi connectivity index (χ4n) is 2.86. The van der Waals surface area contributed by atoms with E-state index in [0.717, 1.165) is 42.3 Å². The van der Waals surface area contributed by atoms with Gasteiger partial charge < -0.3 is 15.3 Å². The van der Waals surface area contributed by atoms with Crippen molar-refractivity contribution < 1.29 is 9.90 Å². The van der Waals surface area contributed by atoms with Crippen molar-refractivity contribution >= 4 is 23.3 Å². The molecule has 0 aliphatic carbocycles. The summed E-state index contributed by atoms with van der Waals surface area (Å²) in [5.41, 5.74) is 2.57.